The summed E-state index contributed by atoms with van der Waals surface area (Å²) in [5.41, 5.74) is -0.0603. The van der Waals surface area contributed by atoms with Gasteiger partial charge in [0.05, 0.1) is 0 Å². The van der Waals surface area contributed by atoms with Gasteiger partial charge in [-0.05, 0) is 13.0 Å². The van der Waals surface area contributed by atoms with Crippen molar-refractivity contribution in [2.24, 2.45) is 0 Å². The van der Waals surface area contributed by atoms with Crippen molar-refractivity contribution < 1.29 is 18.3 Å². The summed E-state index contributed by atoms with van der Waals surface area (Å²) >= 11 is 0. The van der Waals surface area contributed by atoms with Crippen LogP contribution in [-0.4, -0.2) is 30.6 Å². The van der Waals surface area contributed by atoms with E-state index in [9.17, 15) is 13.2 Å². The van der Waals surface area contributed by atoms with Gasteiger partial charge in [-0.3, -0.25) is 0 Å². The SMILES string of the molecule is C#CCCNS(=O)(=O)c1cc(C(=O)O)n(CC)c1. The first kappa shape index (κ1) is 14.3. The van der Waals surface area contributed by atoms with E-state index in [-0.39, 0.29) is 23.6 Å². The number of carboxylic acid groups (broad SMARTS) is 1. The molecule has 0 saturated heterocycles. The Morgan fingerprint density at radius 2 is 2.28 bits per heavy atom. The van der Waals surface area contributed by atoms with Crippen LogP contribution in [-0.2, 0) is 16.6 Å². The van der Waals surface area contributed by atoms with Crippen LogP contribution in [0.1, 0.15) is 23.8 Å². The largest absolute Gasteiger partial charge is 0.477 e. The molecular weight excluding hydrogens is 256 g/mol. The van der Waals surface area contributed by atoms with Gasteiger partial charge in [0.1, 0.15) is 10.6 Å². The molecule has 1 rings (SSSR count). The number of aryl methyl sites for hydroxylation is 1. The summed E-state index contributed by atoms with van der Waals surface area (Å²) in [4.78, 5) is 10.8. The minimum atomic E-state index is -3.71. The first-order valence-electron chi connectivity index (χ1n) is 5.29. The van der Waals surface area contributed by atoms with Crippen LogP contribution in [0.15, 0.2) is 17.2 Å². The molecule has 7 heteroatoms. The number of carbonyl (C=O) groups is 1. The summed E-state index contributed by atoms with van der Waals surface area (Å²) in [6.45, 7) is 2.23. The summed E-state index contributed by atoms with van der Waals surface area (Å²) < 4.78 is 27.3. The maximum atomic E-state index is 11.8. The van der Waals surface area contributed by atoms with Gasteiger partial charge in [-0.15, -0.1) is 12.3 Å². The molecule has 0 saturated carbocycles. The Kier molecular flexibility index (Phi) is 4.53. The Bertz CT molecular complexity index is 581. The zero-order valence-corrected chi connectivity index (χ0v) is 10.7. The molecular formula is C11H14N2O4S. The third-order valence-corrected chi connectivity index (χ3v) is 3.73. The van der Waals surface area contributed by atoms with E-state index in [4.69, 9.17) is 11.5 Å². The van der Waals surface area contributed by atoms with Crippen LogP contribution in [0.2, 0.25) is 0 Å². The molecule has 1 aromatic rings. The Morgan fingerprint density at radius 3 is 2.72 bits per heavy atom. The van der Waals surface area contributed by atoms with E-state index in [0.29, 0.717) is 6.54 Å². The van der Waals surface area contributed by atoms with E-state index in [1.807, 2.05) is 0 Å². The van der Waals surface area contributed by atoms with Crippen LogP contribution < -0.4 is 4.72 Å². The van der Waals surface area contributed by atoms with Crippen LogP contribution in [0.25, 0.3) is 0 Å². The van der Waals surface area contributed by atoms with Crippen molar-refractivity contribution >= 4 is 16.0 Å². The summed E-state index contributed by atoms with van der Waals surface area (Å²) in [7, 11) is -3.71. The van der Waals surface area contributed by atoms with Crippen LogP contribution in [0, 0.1) is 12.3 Å². The van der Waals surface area contributed by atoms with Crippen molar-refractivity contribution in [1.29, 1.82) is 0 Å². The minimum absolute atomic E-state index is 0.0603. The second kappa shape index (κ2) is 5.71. The lowest BCUT2D eigenvalue weighted by Gasteiger charge is -2.02. The van der Waals surface area contributed by atoms with E-state index in [2.05, 4.69) is 10.6 Å². The van der Waals surface area contributed by atoms with E-state index < -0.39 is 16.0 Å². The summed E-state index contributed by atoms with van der Waals surface area (Å²) in [6, 6.07) is 1.13. The lowest BCUT2D eigenvalue weighted by atomic mass is 10.4. The van der Waals surface area contributed by atoms with Crippen molar-refractivity contribution in [3.8, 4) is 12.3 Å². The number of carboxylic acids is 1. The van der Waals surface area contributed by atoms with Crippen LogP contribution in [0.5, 0.6) is 0 Å². The summed E-state index contributed by atoms with van der Waals surface area (Å²) in [6.07, 6.45) is 6.59. The standard InChI is InChI=1S/C11H14N2O4S/c1-3-5-6-12-18(16,17)9-7-10(11(14)15)13(4-2)8-9/h1,7-8,12H,4-6H2,2H3,(H,14,15). The maximum Gasteiger partial charge on any atom is 0.352 e. The molecule has 0 atom stereocenters. The normalized spacial score (nSPS) is 11.1. The highest BCUT2D eigenvalue weighted by Gasteiger charge is 2.20. The quantitative estimate of drug-likeness (QED) is 0.582. The Balaban J connectivity index is 3.03. The van der Waals surface area contributed by atoms with E-state index in [1.165, 1.54) is 10.8 Å². The minimum Gasteiger partial charge on any atom is -0.477 e. The average molecular weight is 270 g/mol. The van der Waals surface area contributed by atoms with Gasteiger partial charge in [-0.1, -0.05) is 0 Å². The molecule has 1 aromatic heterocycles. The van der Waals surface area contributed by atoms with Crippen molar-refractivity contribution in [3.05, 3.63) is 18.0 Å². The molecule has 0 aromatic carbocycles. The smallest absolute Gasteiger partial charge is 0.352 e. The fourth-order valence-electron chi connectivity index (χ4n) is 1.41. The van der Waals surface area contributed by atoms with Crippen molar-refractivity contribution in [2.75, 3.05) is 6.54 Å². The number of hydrogen-bond donors (Lipinski definition) is 2. The molecule has 0 spiro atoms. The summed E-state index contributed by atoms with van der Waals surface area (Å²) in [5, 5.41) is 8.93. The predicted molar refractivity (Wildman–Crippen MR) is 65.7 cm³/mol. The van der Waals surface area contributed by atoms with Gasteiger partial charge in [0.15, 0.2) is 0 Å². The Morgan fingerprint density at radius 1 is 1.61 bits per heavy atom. The molecule has 0 amide bonds. The third kappa shape index (κ3) is 3.12. The van der Waals surface area contributed by atoms with Gasteiger partial charge in [-0.2, -0.15) is 0 Å². The van der Waals surface area contributed by atoms with Crippen LogP contribution in [0.3, 0.4) is 0 Å². The number of nitrogens with one attached hydrogen (secondary N) is 1. The van der Waals surface area contributed by atoms with E-state index in [0.717, 1.165) is 6.07 Å². The highest BCUT2D eigenvalue weighted by atomic mass is 32.2. The number of hydrogen-bond acceptors (Lipinski definition) is 3. The number of rotatable bonds is 6. The second-order valence-corrected chi connectivity index (χ2v) is 5.27. The molecule has 0 aliphatic rings. The van der Waals surface area contributed by atoms with Gasteiger partial charge in [-0.25, -0.2) is 17.9 Å². The molecule has 0 bridgehead atoms. The first-order chi connectivity index (χ1) is 8.42. The van der Waals surface area contributed by atoms with Crippen LogP contribution >= 0.6 is 0 Å². The number of sulfonamides is 1. The molecule has 0 radical (unpaired) electrons. The molecule has 18 heavy (non-hydrogen) atoms. The van der Waals surface area contributed by atoms with Gasteiger partial charge in [0, 0.05) is 25.7 Å². The lowest BCUT2D eigenvalue weighted by molar-refractivity contribution is 0.0685. The van der Waals surface area contributed by atoms with E-state index in [1.54, 1.807) is 6.92 Å². The fraction of sp³-hybridized carbons (Fsp3) is 0.364. The summed E-state index contributed by atoms with van der Waals surface area (Å²) in [5.74, 6) is 1.15. The molecule has 0 fully saturated rings. The van der Waals surface area contributed by atoms with Gasteiger partial charge in [0.25, 0.3) is 0 Å². The highest BCUT2D eigenvalue weighted by Crippen LogP contribution is 2.14. The second-order valence-electron chi connectivity index (χ2n) is 3.50. The number of terminal acetylenes is 1. The first-order valence-corrected chi connectivity index (χ1v) is 6.77. The Labute approximate surface area is 106 Å². The molecule has 0 unspecified atom stereocenters. The maximum absolute atomic E-state index is 11.8. The molecule has 2 N–H and O–H groups in total. The van der Waals surface area contributed by atoms with Crippen molar-refractivity contribution in [3.63, 3.8) is 0 Å². The average Bonchev–Trinajstić information content (AvgIpc) is 2.74. The molecule has 98 valence electrons. The topological polar surface area (TPSA) is 88.4 Å². The molecule has 0 aliphatic heterocycles. The monoisotopic (exact) mass is 270 g/mol. The van der Waals surface area contributed by atoms with Gasteiger partial charge < -0.3 is 9.67 Å². The molecule has 0 aliphatic carbocycles. The molecule has 1 heterocycles. The lowest BCUT2D eigenvalue weighted by Crippen LogP contribution is -2.24. The van der Waals surface area contributed by atoms with Crippen LogP contribution in [0.4, 0.5) is 0 Å². The number of nitrogens with zero attached hydrogens (tertiary/aromatic N) is 1. The van der Waals surface area contributed by atoms with Crippen molar-refractivity contribution in [1.82, 2.24) is 9.29 Å². The fourth-order valence-corrected chi connectivity index (χ4v) is 2.48. The third-order valence-electron chi connectivity index (χ3n) is 2.30. The predicted octanol–water partition coefficient (Wildman–Crippen LogP) is 0.508. The van der Waals surface area contributed by atoms with Gasteiger partial charge in [0.2, 0.25) is 10.0 Å². The Hall–Kier alpha value is -1.78. The van der Waals surface area contributed by atoms with Gasteiger partial charge >= 0.3 is 5.97 Å². The highest BCUT2D eigenvalue weighted by molar-refractivity contribution is 7.89. The zero-order chi connectivity index (χ0) is 13.8. The van der Waals surface area contributed by atoms with E-state index >= 15 is 0 Å². The number of aromatic carboxylic acids is 1. The molecule has 6 nitrogen and oxygen atoms in total. The number of aromatic nitrogens is 1. The van der Waals surface area contributed by atoms with Crippen molar-refractivity contribution in [2.45, 2.75) is 24.8 Å². The zero-order valence-electron chi connectivity index (χ0n) is 9.88.